The molecule has 0 atom stereocenters. The van der Waals surface area contributed by atoms with Crippen molar-refractivity contribution >= 4 is 72.4 Å². The highest BCUT2D eigenvalue weighted by Gasteiger charge is 2.43. The number of para-hydroxylation sites is 2. The van der Waals surface area contributed by atoms with Crippen molar-refractivity contribution in [3.05, 3.63) is 230 Å². The van der Waals surface area contributed by atoms with Gasteiger partial charge in [0.25, 0.3) is 0 Å². The quantitative estimate of drug-likeness (QED) is 0.114. The van der Waals surface area contributed by atoms with Gasteiger partial charge in [0.15, 0.2) is 8.07 Å². The minimum Gasteiger partial charge on any atom is -0.309 e. The second-order valence-corrected chi connectivity index (χ2v) is 18.2. The van der Waals surface area contributed by atoms with E-state index in [-0.39, 0.29) is 29.7 Å². The highest BCUT2D eigenvalue weighted by molar-refractivity contribution is 7.20. The molecule has 11 aromatic rings. The monoisotopic (exact) mass is 747 g/mol. The van der Waals surface area contributed by atoms with Crippen LogP contribution >= 0.6 is 0 Å². The van der Waals surface area contributed by atoms with E-state index in [4.69, 9.17) is 6.85 Å². The highest BCUT2D eigenvalue weighted by atomic mass is 28.3. The van der Waals surface area contributed by atoms with Gasteiger partial charge >= 0.3 is 0 Å². The molecule has 0 unspecified atom stereocenters. The maximum absolute atomic E-state index is 8.95. The lowest BCUT2D eigenvalue weighted by Gasteiger charge is -2.35. The molecule has 0 saturated carbocycles. The van der Waals surface area contributed by atoms with Gasteiger partial charge in [-0.1, -0.05) is 182 Å². The number of rotatable bonds is 7. The first-order valence-electron chi connectivity index (χ1n) is 21.8. The minimum atomic E-state index is -3.01. The van der Waals surface area contributed by atoms with Crippen LogP contribution in [0.1, 0.15) is 6.85 Å². The van der Waals surface area contributed by atoms with Crippen molar-refractivity contribution in [2.24, 2.45) is 0 Å². The highest BCUT2D eigenvalue weighted by Crippen LogP contribution is 2.40. The van der Waals surface area contributed by atoms with Crippen molar-refractivity contribution < 1.29 is 6.85 Å². The Labute approximate surface area is 340 Å². The van der Waals surface area contributed by atoms with Crippen LogP contribution in [0, 0.1) is 0 Å². The van der Waals surface area contributed by atoms with E-state index in [9.17, 15) is 0 Å². The first-order valence-corrected chi connectivity index (χ1v) is 21.3. The third kappa shape index (κ3) is 5.10. The Bertz CT molecular complexity index is 3390. The fourth-order valence-electron chi connectivity index (χ4n) is 9.29. The van der Waals surface area contributed by atoms with E-state index in [0.29, 0.717) is 5.56 Å². The van der Waals surface area contributed by atoms with Crippen molar-refractivity contribution in [3.8, 4) is 22.5 Å². The fourth-order valence-corrected chi connectivity index (χ4v) is 14.3. The van der Waals surface area contributed by atoms with Crippen molar-refractivity contribution in [2.75, 3.05) is 0 Å². The Hall–Kier alpha value is -7.20. The van der Waals surface area contributed by atoms with Gasteiger partial charge in [0.05, 0.1) is 28.9 Å². The van der Waals surface area contributed by atoms with Crippen LogP contribution in [0.4, 0.5) is 0 Å². The number of hydrogen-bond donors (Lipinski definition) is 0. The average Bonchev–Trinajstić information content (AvgIpc) is 3.85. The van der Waals surface area contributed by atoms with Gasteiger partial charge in [0, 0.05) is 32.9 Å². The van der Waals surface area contributed by atoms with Gasteiger partial charge < -0.3 is 9.13 Å². The average molecular weight is 748 g/mol. The summed E-state index contributed by atoms with van der Waals surface area (Å²) in [6, 6.07) is 69.7. The summed E-state index contributed by atoms with van der Waals surface area (Å²) in [6.07, 6.45) is 0. The van der Waals surface area contributed by atoms with Crippen LogP contribution < -0.4 is 20.7 Å². The molecule has 3 heteroatoms. The van der Waals surface area contributed by atoms with Crippen LogP contribution in [0.5, 0.6) is 0 Å². The predicted molar refractivity (Wildman–Crippen MR) is 244 cm³/mol. The molecule has 268 valence electrons. The molecule has 0 bridgehead atoms. The lowest BCUT2D eigenvalue weighted by atomic mass is 9.99. The molecule has 0 aliphatic heterocycles. The van der Waals surface area contributed by atoms with E-state index in [1.165, 1.54) is 26.1 Å². The topological polar surface area (TPSA) is 9.86 Å². The molecule has 2 nitrogen and oxygen atoms in total. The van der Waals surface area contributed by atoms with Crippen LogP contribution in [-0.4, -0.2) is 17.2 Å². The van der Waals surface area contributed by atoms with Gasteiger partial charge in [0.1, 0.15) is 0 Å². The summed E-state index contributed by atoms with van der Waals surface area (Å²) in [4.78, 5) is 0. The molecule has 0 radical (unpaired) electrons. The third-order valence-corrected chi connectivity index (χ3v) is 16.4. The Morgan fingerprint density at radius 1 is 0.368 bits per heavy atom. The van der Waals surface area contributed by atoms with Crippen molar-refractivity contribution in [1.82, 2.24) is 9.13 Å². The molecule has 11 rings (SSSR count). The molecule has 0 amide bonds. The van der Waals surface area contributed by atoms with E-state index in [2.05, 4.69) is 185 Å². The van der Waals surface area contributed by atoms with Crippen LogP contribution in [0.15, 0.2) is 230 Å². The Morgan fingerprint density at radius 3 is 1.53 bits per heavy atom. The molecule has 2 heterocycles. The lowest BCUT2D eigenvalue weighted by molar-refractivity contribution is 1.17. The van der Waals surface area contributed by atoms with Crippen molar-refractivity contribution in [1.29, 1.82) is 0 Å². The minimum absolute atomic E-state index is 0.194. The van der Waals surface area contributed by atoms with E-state index in [0.717, 1.165) is 49.6 Å². The van der Waals surface area contributed by atoms with Crippen LogP contribution in [-0.2, 0) is 0 Å². The number of hydrogen-bond acceptors (Lipinski definition) is 0. The first kappa shape index (κ1) is 28.2. The molecule has 0 N–H and O–H groups in total. The summed E-state index contributed by atoms with van der Waals surface area (Å²) >= 11 is 0. The zero-order chi connectivity index (χ0) is 42.1. The third-order valence-electron chi connectivity index (χ3n) is 11.5. The summed E-state index contributed by atoms with van der Waals surface area (Å²) in [7, 11) is -3.01. The van der Waals surface area contributed by atoms with Gasteiger partial charge in [-0.3, -0.25) is 0 Å². The number of nitrogens with zero attached hydrogens (tertiary/aromatic N) is 2. The summed E-state index contributed by atoms with van der Waals surface area (Å²) in [5.74, 6) is 0. The summed E-state index contributed by atoms with van der Waals surface area (Å²) in [5.41, 5.74) is 6.85. The molecule has 2 aromatic heterocycles. The SMILES string of the molecule is [2H]c1c([2H])c([2H])c(-c2cccc3c2c2ccccc2n3-c2ccc3c(c2)c2c([Si](c4ccccc4)(c4ccccc4)c4ccccc4)cccc2n3-c2ccccc2)c([2H])c1[2H]. The maximum atomic E-state index is 8.95. The molecule has 9 aromatic carbocycles. The number of fused-ring (bicyclic) bond motifs is 6. The van der Waals surface area contributed by atoms with Gasteiger partial charge in [-0.05, 0) is 80.4 Å². The second kappa shape index (κ2) is 13.5. The van der Waals surface area contributed by atoms with Crippen LogP contribution in [0.2, 0.25) is 0 Å². The van der Waals surface area contributed by atoms with Crippen molar-refractivity contribution in [2.45, 2.75) is 0 Å². The maximum Gasteiger partial charge on any atom is 0.180 e. The van der Waals surface area contributed by atoms with Crippen LogP contribution in [0.25, 0.3) is 66.1 Å². The Kier molecular flexibility index (Phi) is 6.70. The van der Waals surface area contributed by atoms with E-state index < -0.39 is 14.1 Å². The Morgan fingerprint density at radius 2 is 0.877 bits per heavy atom. The van der Waals surface area contributed by atoms with Crippen molar-refractivity contribution in [3.63, 3.8) is 0 Å². The Balaban J connectivity index is 1.28. The molecule has 0 aliphatic rings. The second-order valence-electron chi connectivity index (χ2n) is 14.5. The molecule has 0 fully saturated rings. The standard InChI is InChI=1S/C54H38N2Si/c1-6-20-39(21-7-1)45-31-18-33-50-53(45)46-30-16-17-32-48(46)56(50)41-36-37-49-47(38-41)54-51(55(49)40-22-8-2-9-23-40)34-19-35-52(54)57(42-24-10-3-11-25-42,43-26-12-4-13-27-43)44-28-14-5-15-29-44/h1-38H/i1D,6D,7D,20D,21D. The lowest BCUT2D eigenvalue weighted by Crippen LogP contribution is -2.74. The van der Waals surface area contributed by atoms with Gasteiger partial charge in [0.2, 0.25) is 0 Å². The number of benzene rings is 9. The molecule has 0 saturated heterocycles. The van der Waals surface area contributed by atoms with Gasteiger partial charge in [-0.25, -0.2) is 0 Å². The normalized spacial score (nSPS) is 13.1. The largest absolute Gasteiger partial charge is 0.309 e. The first-order chi connectivity index (χ1) is 30.4. The number of aromatic nitrogens is 2. The van der Waals surface area contributed by atoms with Gasteiger partial charge in [-0.2, -0.15) is 0 Å². The van der Waals surface area contributed by atoms with E-state index >= 15 is 0 Å². The summed E-state index contributed by atoms with van der Waals surface area (Å²) in [5, 5.41) is 9.25. The van der Waals surface area contributed by atoms with E-state index in [1.807, 2.05) is 24.3 Å². The zero-order valence-corrected chi connectivity index (χ0v) is 31.9. The summed E-state index contributed by atoms with van der Waals surface area (Å²) < 4.78 is 47.9. The molecular weight excluding hydrogens is 705 g/mol. The smallest absolute Gasteiger partial charge is 0.180 e. The fraction of sp³-hybridized carbons (Fsp3) is 0. The molecule has 57 heavy (non-hydrogen) atoms. The van der Waals surface area contributed by atoms with Crippen LogP contribution in [0.3, 0.4) is 0 Å². The zero-order valence-electron chi connectivity index (χ0n) is 35.9. The van der Waals surface area contributed by atoms with E-state index in [1.54, 1.807) is 0 Å². The molecule has 0 aliphatic carbocycles. The molecule has 0 spiro atoms. The molecular formula is C54H38N2Si. The predicted octanol–water partition coefficient (Wildman–Crippen LogP) is 10.9. The summed E-state index contributed by atoms with van der Waals surface area (Å²) in [6.45, 7) is 0. The van der Waals surface area contributed by atoms with Gasteiger partial charge in [-0.15, -0.1) is 0 Å².